The number of rotatable bonds is 12. The highest BCUT2D eigenvalue weighted by molar-refractivity contribution is 6.39. The summed E-state index contributed by atoms with van der Waals surface area (Å²) in [6.45, 7) is 4.31. The lowest BCUT2D eigenvalue weighted by molar-refractivity contribution is -0.146. The quantitative estimate of drug-likeness (QED) is 0.206. The smallest absolute Gasteiger partial charge is 0.341 e. The number of carboxylic acid groups (broad SMARTS) is 1. The summed E-state index contributed by atoms with van der Waals surface area (Å²) >= 11 is 12.0. The maximum Gasteiger partial charge on any atom is 0.341 e. The number of ether oxygens (including phenoxy) is 1. The topological polar surface area (TPSA) is 160 Å². The van der Waals surface area contributed by atoms with Crippen LogP contribution in [0.1, 0.15) is 47.9 Å². The number of hydrogen-bond acceptors (Lipinski definition) is 8. The standard InChI is InChI=1S/C32H31Cl2N3O8/c1-17(2)28(36-29(41)20-11-6-9-18-8-4-5-10-19(18)20)24-15-32(3,45-37-24)31(43)35-23(14-26(39)40)25(38)16-44-30(42)27-21(33)12-7-13-22(27)34/h4-13,15,17,23,28,37H,14,16H2,1-3H3,(H,35,43)(H,36,41)(H,39,40)/t23-,28-,32?/m0/s1. The molecule has 0 aromatic heterocycles. The predicted molar refractivity (Wildman–Crippen MR) is 167 cm³/mol. The van der Waals surface area contributed by atoms with Gasteiger partial charge in [0.15, 0.2) is 18.0 Å². The van der Waals surface area contributed by atoms with Crippen molar-refractivity contribution in [2.45, 2.75) is 44.9 Å². The summed E-state index contributed by atoms with van der Waals surface area (Å²) in [6.07, 6.45) is 0.670. The summed E-state index contributed by atoms with van der Waals surface area (Å²) in [5.41, 5.74) is 1.73. The van der Waals surface area contributed by atoms with Crippen LogP contribution in [0.5, 0.6) is 0 Å². The van der Waals surface area contributed by atoms with Crippen LogP contribution in [0.2, 0.25) is 10.0 Å². The van der Waals surface area contributed by atoms with E-state index in [-0.39, 0.29) is 27.4 Å². The normalized spacial score (nSPS) is 17.2. The average molecular weight is 657 g/mol. The molecule has 3 atom stereocenters. The molecule has 1 aliphatic rings. The van der Waals surface area contributed by atoms with E-state index in [9.17, 15) is 29.1 Å². The number of esters is 1. The van der Waals surface area contributed by atoms with Gasteiger partial charge in [-0.3, -0.25) is 29.5 Å². The van der Waals surface area contributed by atoms with Crippen molar-refractivity contribution in [2.75, 3.05) is 6.61 Å². The number of carbonyl (C=O) groups is 5. The Morgan fingerprint density at radius 1 is 0.956 bits per heavy atom. The summed E-state index contributed by atoms with van der Waals surface area (Å²) in [6, 6.07) is 15.1. The van der Waals surface area contributed by atoms with Gasteiger partial charge < -0.3 is 20.5 Å². The van der Waals surface area contributed by atoms with Gasteiger partial charge in [0.05, 0.1) is 33.8 Å². The number of nitrogens with one attached hydrogen (secondary N) is 3. The Labute approximate surface area is 268 Å². The molecule has 13 heteroatoms. The van der Waals surface area contributed by atoms with Crippen molar-refractivity contribution in [2.24, 2.45) is 5.92 Å². The van der Waals surface area contributed by atoms with Crippen molar-refractivity contribution in [3.05, 3.63) is 93.6 Å². The average Bonchev–Trinajstić information content (AvgIpc) is 3.40. The molecule has 0 aliphatic carbocycles. The van der Waals surface area contributed by atoms with Crippen molar-refractivity contribution < 1.29 is 38.7 Å². The van der Waals surface area contributed by atoms with Crippen molar-refractivity contribution in [3.8, 4) is 0 Å². The van der Waals surface area contributed by atoms with Gasteiger partial charge in [-0.1, -0.05) is 79.5 Å². The van der Waals surface area contributed by atoms with Gasteiger partial charge in [0, 0.05) is 5.56 Å². The number of hydroxylamine groups is 1. The van der Waals surface area contributed by atoms with Gasteiger partial charge >= 0.3 is 11.9 Å². The highest BCUT2D eigenvalue weighted by Crippen LogP contribution is 2.27. The van der Waals surface area contributed by atoms with Crippen LogP contribution in [0.15, 0.2) is 72.4 Å². The monoisotopic (exact) mass is 655 g/mol. The van der Waals surface area contributed by atoms with Crippen LogP contribution in [0.4, 0.5) is 0 Å². The Bertz CT molecular complexity index is 1670. The van der Waals surface area contributed by atoms with Gasteiger partial charge in [0.2, 0.25) is 0 Å². The number of aliphatic carboxylic acids is 1. The van der Waals surface area contributed by atoms with Gasteiger partial charge in [-0.2, -0.15) is 0 Å². The Kier molecular flexibility index (Phi) is 10.5. The minimum Gasteiger partial charge on any atom is -0.481 e. The molecule has 2 amide bonds. The molecule has 0 radical (unpaired) electrons. The van der Waals surface area contributed by atoms with E-state index < -0.39 is 54.3 Å². The van der Waals surface area contributed by atoms with Crippen molar-refractivity contribution in [1.82, 2.24) is 16.1 Å². The third kappa shape index (κ3) is 7.80. The molecule has 0 saturated heterocycles. The molecule has 1 unspecified atom stereocenters. The number of carbonyl (C=O) groups excluding carboxylic acids is 4. The predicted octanol–water partition coefficient (Wildman–Crippen LogP) is 4.46. The molecule has 0 saturated carbocycles. The lowest BCUT2D eigenvalue weighted by atomic mass is 9.95. The maximum atomic E-state index is 13.4. The molecule has 3 aromatic carbocycles. The second-order valence-electron chi connectivity index (χ2n) is 10.9. The Hall–Kier alpha value is -4.45. The molecule has 4 N–H and O–H groups in total. The number of halogens is 2. The van der Waals surface area contributed by atoms with Crippen LogP contribution in [-0.4, -0.2) is 58.9 Å². The van der Waals surface area contributed by atoms with Crippen molar-refractivity contribution in [1.29, 1.82) is 0 Å². The number of amides is 2. The molecular weight excluding hydrogens is 625 g/mol. The van der Waals surface area contributed by atoms with Gasteiger partial charge in [0.25, 0.3) is 11.8 Å². The van der Waals surface area contributed by atoms with Crippen LogP contribution in [-0.2, 0) is 24.0 Å². The number of Topliss-reactive ketones (excluding diaryl/α,β-unsaturated/α-hetero) is 1. The van der Waals surface area contributed by atoms with Crippen LogP contribution in [0.3, 0.4) is 0 Å². The van der Waals surface area contributed by atoms with Crippen molar-refractivity contribution >= 4 is 63.5 Å². The molecule has 0 fully saturated rings. The first-order valence-corrected chi connectivity index (χ1v) is 14.7. The highest BCUT2D eigenvalue weighted by Gasteiger charge is 2.42. The minimum absolute atomic E-state index is 0.00440. The molecule has 11 nitrogen and oxygen atoms in total. The molecule has 0 bridgehead atoms. The summed E-state index contributed by atoms with van der Waals surface area (Å²) < 4.78 is 5.02. The fraction of sp³-hybridized carbons (Fsp3) is 0.281. The molecule has 1 heterocycles. The van der Waals surface area contributed by atoms with Gasteiger partial charge in [-0.05, 0) is 47.9 Å². The van der Waals surface area contributed by atoms with E-state index >= 15 is 0 Å². The molecule has 0 spiro atoms. The number of ketones is 1. The van der Waals surface area contributed by atoms with E-state index in [4.69, 9.17) is 32.8 Å². The highest BCUT2D eigenvalue weighted by atomic mass is 35.5. The van der Waals surface area contributed by atoms with Gasteiger partial charge in [0.1, 0.15) is 6.04 Å². The molecule has 236 valence electrons. The zero-order chi connectivity index (χ0) is 32.9. The summed E-state index contributed by atoms with van der Waals surface area (Å²) in [5.74, 6) is -4.56. The molecule has 45 heavy (non-hydrogen) atoms. The Morgan fingerprint density at radius 2 is 1.60 bits per heavy atom. The van der Waals surface area contributed by atoms with Crippen LogP contribution in [0.25, 0.3) is 10.8 Å². The summed E-state index contributed by atoms with van der Waals surface area (Å²) in [4.78, 5) is 69.2. The third-order valence-electron chi connectivity index (χ3n) is 7.17. The first kappa shape index (κ1) is 33.4. The van der Waals surface area contributed by atoms with E-state index in [1.165, 1.54) is 31.2 Å². The molecule has 1 aliphatic heterocycles. The van der Waals surface area contributed by atoms with E-state index in [1.807, 2.05) is 44.2 Å². The van der Waals surface area contributed by atoms with E-state index in [0.29, 0.717) is 11.3 Å². The minimum atomic E-state index is -1.69. The van der Waals surface area contributed by atoms with Gasteiger partial charge in [-0.15, -0.1) is 0 Å². The SMILES string of the molecule is CC(C)[C@H](NC(=O)c1cccc2ccccc12)C1=CC(C)(C(=O)N[C@@H](CC(=O)O)C(=O)COC(=O)c2c(Cl)cccc2Cl)ON1. The first-order chi connectivity index (χ1) is 21.3. The fourth-order valence-electron chi connectivity index (χ4n) is 4.76. The molecular formula is C32H31Cl2N3O8. The van der Waals surface area contributed by atoms with Crippen molar-refractivity contribution in [3.63, 3.8) is 0 Å². The summed E-state index contributed by atoms with van der Waals surface area (Å²) in [5, 5.41) is 16.5. The van der Waals surface area contributed by atoms with Crippen LogP contribution >= 0.6 is 23.2 Å². The van der Waals surface area contributed by atoms with E-state index in [0.717, 1.165) is 10.8 Å². The van der Waals surface area contributed by atoms with E-state index in [2.05, 4.69) is 16.1 Å². The number of carboxylic acids is 1. The summed E-state index contributed by atoms with van der Waals surface area (Å²) in [7, 11) is 0. The second kappa shape index (κ2) is 14.1. The second-order valence-corrected chi connectivity index (χ2v) is 11.7. The number of fused-ring (bicyclic) bond motifs is 1. The maximum absolute atomic E-state index is 13.4. The van der Waals surface area contributed by atoms with Gasteiger partial charge in [-0.25, -0.2) is 4.79 Å². The Morgan fingerprint density at radius 3 is 2.27 bits per heavy atom. The van der Waals surface area contributed by atoms with Crippen LogP contribution in [0, 0.1) is 5.92 Å². The number of benzene rings is 3. The largest absolute Gasteiger partial charge is 0.481 e. The lowest BCUT2D eigenvalue weighted by Gasteiger charge is -2.24. The Balaban J connectivity index is 1.47. The van der Waals surface area contributed by atoms with E-state index in [1.54, 1.807) is 12.1 Å². The molecule has 4 rings (SSSR count). The zero-order valence-electron chi connectivity index (χ0n) is 24.6. The number of hydrogen-bond donors (Lipinski definition) is 4. The fourth-order valence-corrected chi connectivity index (χ4v) is 5.31. The van der Waals surface area contributed by atoms with Crippen LogP contribution < -0.4 is 16.1 Å². The molecule has 3 aromatic rings. The zero-order valence-corrected chi connectivity index (χ0v) is 26.1. The third-order valence-corrected chi connectivity index (χ3v) is 7.80. The lowest BCUT2D eigenvalue weighted by Crippen LogP contribution is -2.52. The first-order valence-electron chi connectivity index (χ1n) is 13.9.